The Morgan fingerprint density at radius 2 is 1.62 bits per heavy atom. The molecule has 1 N–H and O–H groups in total. The number of nitrogens with one attached hydrogen (secondary N) is 1. The summed E-state index contributed by atoms with van der Waals surface area (Å²) >= 11 is 0. The Morgan fingerprint density at radius 3 is 2.52 bits per heavy atom. The number of benzene rings is 3. The standard InChI is InChI=1S/C28H27N/c1-19-15-20-13-14-28(21(16-19)17-20)26-10-6-5-9-24(26)25-18-23(11-12-27(25)28)29-22-7-3-2-4-8-22/h2-12,16,18-20,29H,13-15,17H2,1H3. The molecule has 29 heavy (non-hydrogen) atoms. The number of hydrogen-bond acceptors (Lipinski definition) is 1. The largest absolute Gasteiger partial charge is 0.356 e. The molecule has 6 rings (SSSR count). The zero-order valence-corrected chi connectivity index (χ0v) is 17.0. The van der Waals surface area contributed by atoms with Crippen molar-refractivity contribution in [1.82, 2.24) is 0 Å². The molecule has 3 atom stereocenters. The Labute approximate surface area is 173 Å². The van der Waals surface area contributed by atoms with Gasteiger partial charge in [0.15, 0.2) is 0 Å². The van der Waals surface area contributed by atoms with E-state index in [-0.39, 0.29) is 5.41 Å². The Bertz CT molecular complexity index is 1110. The van der Waals surface area contributed by atoms with Crippen molar-refractivity contribution in [3.63, 3.8) is 0 Å². The van der Waals surface area contributed by atoms with Crippen LogP contribution in [0.15, 0.2) is 84.4 Å². The molecule has 3 aliphatic carbocycles. The first-order chi connectivity index (χ1) is 14.2. The van der Waals surface area contributed by atoms with Crippen LogP contribution in [0.3, 0.4) is 0 Å². The summed E-state index contributed by atoms with van der Waals surface area (Å²) in [5.74, 6) is 1.59. The molecule has 0 heterocycles. The molecule has 3 aliphatic rings. The highest BCUT2D eigenvalue weighted by Crippen LogP contribution is 2.60. The number of anilines is 2. The number of fused-ring (bicyclic) bond motifs is 8. The number of hydrogen-bond donors (Lipinski definition) is 1. The van der Waals surface area contributed by atoms with Crippen molar-refractivity contribution >= 4 is 11.4 Å². The predicted octanol–water partition coefficient (Wildman–Crippen LogP) is 7.46. The van der Waals surface area contributed by atoms with Crippen molar-refractivity contribution in [2.75, 3.05) is 5.32 Å². The van der Waals surface area contributed by atoms with E-state index in [1.54, 1.807) is 5.57 Å². The van der Waals surface area contributed by atoms with Gasteiger partial charge in [-0.15, -0.1) is 0 Å². The second kappa shape index (κ2) is 6.35. The smallest absolute Gasteiger partial charge is 0.0423 e. The van der Waals surface area contributed by atoms with Crippen LogP contribution in [-0.2, 0) is 5.41 Å². The highest BCUT2D eigenvalue weighted by molar-refractivity contribution is 5.86. The molecule has 3 aromatic carbocycles. The van der Waals surface area contributed by atoms with Crippen LogP contribution in [0.1, 0.15) is 43.7 Å². The van der Waals surface area contributed by atoms with Crippen molar-refractivity contribution in [2.24, 2.45) is 11.8 Å². The molecule has 0 aromatic heterocycles. The summed E-state index contributed by atoms with van der Waals surface area (Å²) < 4.78 is 0. The zero-order valence-electron chi connectivity index (χ0n) is 17.0. The van der Waals surface area contributed by atoms with E-state index in [0.29, 0.717) is 5.92 Å². The van der Waals surface area contributed by atoms with Gasteiger partial charge in [-0.25, -0.2) is 0 Å². The van der Waals surface area contributed by atoms with Crippen LogP contribution in [-0.4, -0.2) is 0 Å². The van der Waals surface area contributed by atoms with Gasteiger partial charge in [-0.1, -0.05) is 67.1 Å². The molecule has 1 fully saturated rings. The van der Waals surface area contributed by atoms with Gasteiger partial charge in [0.2, 0.25) is 0 Å². The summed E-state index contributed by atoms with van der Waals surface area (Å²) in [4.78, 5) is 0. The molecule has 1 nitrogen and oxygen atoms in total. The molecule has 0 saturated heterocycles. The van der Waals surface area contributed by atoms with Gasteiger partial charge < -0.3 is 5.32 Å². The summed E-state index contributed by atoms with van der Waals surface area (Å²) in [7, 11) is 0. The van der Waals surface area contributed by atoms with Crippen LogP contribution < -0.4 is 5.32 Å². The Kier molecular flexibility index (Phi) is 3.74. The van der Waals surface area contributed by atoms with Gasteiger partial charge in [0.25, 0.3) is 0 Å². The predicted molar refractivity (Wildman–Crippen MR) is 122 cm³/mol. The maximum Gasteiger partial charge on any atom is 0.0423 e. The Hall–Kier alpha value is -2.80. The Balaban J connectivity index is 1.52. The van der Waals surface area contributed by atoms with E-state index in [9.17, 15) is 0 Å². The minimum atomic E-state index is 0.0996. The van der Waals surface area contributed by atoms with Crippen molar-refractivity contribution in [3.05, 3.63) is 95.6 Å². The molecule has 2 bridgehead atoms. The van der Waals surface area contributed by atoms with Gasteiger partial charge in [0, 0.05) is 16.8 Å². The lowest BCUT2D eigenvalue weighted by molar-refractivity contribution is 0.284. The van der Waals surface area contributed by atoms with Crippen LogP contribution >= 0.6 is 0 Å². The molecule has 144 valence electrons. The van der Waals surface area contributed by atoms with E-state index < -0.39 is 0 Å². The first-order valence-corrected chi connectivity index (χ1v) is 11.0. The molecule has 3 aromatic rings. The molecule has 0 amide bonds. The first-order valence-electron chi connectivity index (χ1n) is 11.0. The average molecular weight is 378 g/mol. The van der Waals surface area contributed by atoms with Crippen LogP contribution in [0.4, 0.5) is 11.4 Å². The summed E-state index contributed by atoms with van der Waals surface area (Å²) in [6.07, 6.45) is 7.86. The molecular weight excluding hydrogens is 350 g/mol. The minimum absolute atomic E-state index is 0.0996. The quantitative estimate of drug-likeness (QED) is 0.457. The van der Waals surface area contributed by atoms with E-state index in [1.165, 1.54) is 53.6 Å². The number of allylic oxidation sites excluding steroid dienone is 2. The highest BCUT2D eigenvalue weighted by Gasteiger charge is 2.49. The van der Waals surface area contributed by atoms with Crippen LogP contribution in [0.5, 0.6) is 0 Å². The SMILES string of the molecule is CC1C=C2CC(CCC23c2ccccc2-c2cc(Nc4ccccc4)ccc23)C1. The highest BCUT2D eigenvalue weighted by atomic mass is 14.9. The van der Waals surface area contributed by atoms with Crippen molar-refractivity contribution in [1.29, 1.82) is 0 Å². The number of para-hydroxylation sites is 1. The molecule has 3 unspecified atom stereocenters. The molecule has 1 saturated carbocycles. The minimum Gasteiger partial charge on any atom is -0.356 e. The van der Waals surface area contributed by atoms with Crippen LogP contribution in [0, 0.1) is 11.8 Å². The lowest BCUT2D eigenvalue weighted by Crippen LogP contribution is -2.36. The topological polar surface area (TPSA) is 12.0 Å². The molecule has 0 radical (unpaired) electrons. The van der Waals surface area contributed by atoms with Gasteiger partial charge in [0.05, 0.1) is 0 Å². The van der Waals surface area contributed by atoms with E-state index in [0.717, 1.165) is 11.6 Å². The normalized spacial score (nSPS) is 26.6. The monoisotopic (exact) mass is 377 g/mol. The van der Waals surface area contributed by atoms with Crippen molar-refractivity contribution < 1.29 is 0 Å². The maximum atomic E-state index is 3.59. The maximum absolute atomic E-state index is 3.59. The lowest BCUT2D eigenvalue weighted by Gasteiger charge is -2.45. The summed E-state index contributed by atoms with van der Waals surface area (Å²) in [6, 6.07) is 26.7. The second-order valence-electron chi connectivity index (χ2n) is 9.22. The van der Waals surface area contributed by atoms with Crippen LogP contribution in [0.25, 0.3) is 11.1 Å². The Morgan fingerprint density at radius 1 is 0.828 bits per heavy atom. The van der Waals surface area contributed by atoms with Crippen LogP contribution in [0.2, 0.25) is 0 Å². The molecule has 1 spiro atoms. The van der Waals surface area contributed by atoms with Gasteiger partial charge in [-0.05, 0) is 84.0 Å². The van der Waals surface area contributed by atoms with Gasteiger partial charge in [-0.2, -0.15) is 0 Å². The van der Waals surface area contributed by atoms with E-state index >= 15 is 0 Å². The third-order valence-corrected chi connectivity index (χ3v) is 7.39. The van der Waals surface area contributed by atoms with Crippen molar-refractivity contribution in [2.45, 2.75) is 38.0 Å². The molecule has 1 heteroatoms. The zero-order chi connectivity index (χ0) is 19.4. The van der Waals surface area contributed by atoms with Gasteiger partial charge in [-0.3, -0.25) is 0 Å². The fourth-order valence-electron chi connectivity index (χ4n) is 6.27. The van der Waals surface area contributed by atoms with Gasteiger partial charge in [0.1, 0.15) is 0 Å². The van der Waals surface area contributed by atoms with Crippen molar-refractivity contribution in [3.8, 4) is 11.1 Å². The second-order valence-corrected chi connectivity index (χ2v) is 9.22. The lowest BCUT2D eigenvalue weighted by atomic mass is 9.58. The molecular formula is C28H27N. The summed E-state index contributed by atoms with van der Waals surface area (Å²) in [5, 5.41) is 3.59. The summed E-state index contributed by atoms with van der Waals surface area (Å²) in [6.45, 7) is 2.40. The van der Waals surface area contributed by atoms with E-state index in [2.05, 4.69) is 91.1 Å². The fraction of sp³-hybridized carbons (Fsp3) is 0.286. The van der Waals surface area contributed by atoms with Gasteiger partial charge >= 0.3 is 0 Å². The molecule has 0 aliphatic heterocycles. The summed E-state index contributed by atoms with van der Waals surface area (Å²) in [5.41, 5.74) is 9.99. The fourth-order valence-corrected chi connectivity index (χ4v) is 6.27. The third-order valence-electron chi connectivity index (χ3n) is 7.39. The average Bonchev–Trinajstić information content (AvgIpc) is 3.02. The van der Waals surface area contributed by atoms with E-state index in [4.69, 9.17) is 0 Å². The number of rotatable bonds is 2. The third kappa shape index (κ3) is 2.53. The first kappa shape index (κ1) is 17.1. The van der Waals surface area contributed by atoms with E-state index in [1.807, 2.05) is 0 Å².